The van der Waals surface area contributed by atoms with Crippen LogP contribution >= 0.6 is 11.6 Å². The normalized spacial score (nSPS) is 19.2. The maximum atomic E-state index is 12.9. The first-order chi connectivity index (χ1) is 9.79. The third kappa shape index (κ3) is 2.71. The van der Waals surface area contributed by atoms with Crippen LogP contribution in [0.2, 0.25) is 0 Å². The van der Waals surface area contributed by atoms with Crippen molar-refractivity contribution in [3.05, 3.63) is 35.4 Å². The Labute approximate surface area is 126 Å². The second-order valence-electron chi connectivity index (χ2n) is 6.03. The number of amides is 1. The summed E-state index contributed by atoms with van der Waals surface area (Å²) in [5, 5.41) is 0. The van der Waals surface area contributed by atoms with Gasteiger partial charge in [0, 0.05) is 24.4 Å². The number of carbonyl (C=O) groups is 1. The summed E-state index contributed by atoms with van der Waals surface area (Å²) < 4.78 is 0. The lowest BCUT2D eigenvalue weighted by Gasteiger charge is -2.30. The number of alkyl halides is 1. The largest absolute Gasteiger partial charge is 0.338 e. The van der Waals surface area contributed by atoms with Crippen molar-refractivity contribution in [2.75, 3.05) is 12.4 Å². The van der Waals surface area contributed by atoms with Crippen LogP contribution in [-0.4, -0.2) is 29.3 Å². The fourth-order valence-electron chi connectivity index (χ4n) is 3.75. The van der Waals surface area contributed by atoms with E-state index in [0.29, 0.717) is 24.4 Å². The maximum Gasteiger partial charge on any atom is 0.226 e. The van der Waals surface area contributed by atoms with Crippen LogP contribution in [0.5, 0.6) is 0 Å². The minimum Gasteiger partial charge on any atom is -0.338 e. The number of carbonyl (C=O) groups excluding carboxylic acids is 1. The minimum absolute atomic E-state index is 0.135. The predicted molar refractivity (Wildman–Crippen MR) is 82.0 cm³/mol. The summed E-state index contributed by atoms with van der Waals surface area (Å²) in [6.45, 7) is 0.706. The first-order valence-corrected chi connectivity index (χ1v) is 8.26. The molecule has 0 aliphatic heterocycles. The van der Waals surface area contributed by atoms with Gasteiger partial charge in [-0.25, -0.2) is 0 Å². The van der Waals surface area contributed by atoms with Crippen LogP contribution < -0.4 is 0 Å². The summed E-state index contributed by atoms with van der Waals surface area (Å²) in [6.07, 6.45) is 6.62. The third-order valence-electron chi connectivity index (χ3n) is 4.77. The zero-order chi connectivity index (χ0) is 13.9. The topological polar surface area (TPSA) is 20.3 Å². The highest BCUT2D eigenvalue weighted by molar-refractivity contribution is 6.18. The minimum atomic E-state index is 0.135. The Morgan fingerprint density at radius 3 is 2.30 bits per heavy atom. The van der Waals surface area contributed by atoms with E-state index in [2.05, 4.69) is 29.2 Å². The number of hydrogen-bond donors (Lipinski definition) is 0. The lowest BCUT2D eigenvalue weighted by molar-refractivity contribution is -0.137. The molecule has 0 heterocycles. The molecule has 0 spiro atoms. The summed E-state index contributed by atoms with van der Waals surface area (Å²) in [5.41, 5.74) is 2.70. The van der Waals surface area contributed by atoms with Gasteiger partial charge in [-0.3, -0.25) is 4.79 Å². The van der Waals surface area contributed by atoms with E-state index in [1.54, 1.807) is 0 Å². The highest BCUT2D eigenvalue weighted by Gasteiger charge is 2.34. The van der Waals surface area contributed by atoms with Crippen molar-refractivity contribution in [1.82, 2.24) is 4.90 Å². The summed E-state index contributed by atoms with van der Waals surface area (Å²) >= 11 is 5.92. The molecule has 0 aromatic heterocycles. The molecule has 0 atom stereocenters. The van der Waals surface area contributed by atoms with Gasteiger partial charge >= 0.3 is 0 Å². The predicted octanol–water partition coefficient (Wildman–Crippen LogP) is 3.41. The Bertz CT molecular complexity index is 457. The van der Waals surface area contributed by atoms with Gasteiger partial charge in [-0.05, 0) is 36.8 Å². The molecule has 20 heavy (non-hydrogen) atoms. The van der Waals surface area contributed by atoms with Gasteiger partial charge in [0.1, 0.15) is 0 Å². The van der Waals surface area contributed by atoms with Gasteiger partial charge in [0.25, 0.3) is 0 Å². The Morgan fingerprint density at radius 1 is 1.15 bits per heavy atom. The monoisotopic (exact) mass is 291 g/mol. The Balaban J connectivity index is 1.71. The third-order valence-corrected chi connectivity index (χ3v) is 4.94. The van der Waals surface area contributed by atoms with Gasteiger partial charge in [-0.15, -0.1) is 11.6 Å². The van der Waals surface area contributed by atoms with Gasteiger partial charge in [0.05, 0.1) is 0 Å². The second-order valence-corrected chi connectivity index (χ2v) is 6.41. The molecule has 1 aromatic carbocycles. The Morgan fingerprint density at radius 2 is 1.75 bits per heavy atom. The van der Waals surface area contributed by atoms with Crippen molar-refractivity contribution < 1.29 is 4.79 Å². The van der Waals surface area contributed by atoms with Gasteiger partial charge < -0.3 is 4.90 Å². The zero-order valence-corrected chi connectivity index (χ0v) is 12.6. The van der Waals surface area contributed by atoms with Crippen LogP contribution in [0.15, 0.2) is 24.3 Å². The van der Waals surface area contributed by atoms with Gasteiger partial charge in [-0.2, -0.15) is 0 Å². The molecule has 0 bridgehead atoms. The van der Waals surface area contributed by atoms with E-state index < -0.39 is 0 Å². The lowest BCUT2D eigenvalue weighted by Crippen LogP contribution is -2.43. The fraction of sp³-hybridized carbons (Fsp3) is 0.588. The molecule has 2 nitrogen and oxygen atoms in total. The number of benzene rings is 1. The van der Waals surface area contributed by atoms with Crippen LogP contribution in [0.4, 0.5) is 0 Å². The standard InChI is InChI=1S/C17H22ClNO/c18-9-10-19(16-7-3-4-8-16)17(20)15-11-13-5-1-2-6-14(13)12-15/h1-2,5-6,15-16H,3-4,7-12H2. The smallest absolute Gasteiger partial charge is 0.226 e. The summed E-state index contributed by atoms with van der Waals surface area (Å²) in [6, 6.07) is 8.89. The average Bonchev–Trinajstić information content (AvgIpc) is 3.12. The highest BCUT2D eigenvalue weighted by Crippen LogP contribution is 2.31. The van der Waals surface area contributed by atoms with E-state index in [4.69, 9.17) is 11.6 Å². The molecule has 1 saturated carbocycles. The van der Waals surface area contributed by atoms with Crippen LogP contribution in [0.25, 0.3) is 0 Å². The van der Waals surface area contributed by atoms with E-state index in [1.807, 2.05) is 0 Å². The molecule has 0 N–H and O–H groups in total. The lowest BCUT2D eigenvalue weighted by atomic mass is 10.0. The molecular formula is C17H22ClNO. The summed E-state index contributed by atoms with van der Waals surface area (Å²) in [4.78, 5) is 14.9. The second kappa shape index (κ2) is 6.17. The SMILES string of the molecule is O=C(C1Cc2ccccc2C1)N(CCCl)C1CCCC1. The number of fused-ring (bicyclic) bond motifs is 1. The van der Waals surface area contributed by atoms with E-state index in [-0.39, 0.29) is 5.92 Å². The molecular weight excluding hydrogens is 270 g/mol. The molecule has 3 heteroatoms. The van der Waals surface area contributed by atoms with Crippen LogP contribution in [0.1, 0.15) is 36.8 Å². The van der Waals surface area contributed by atoms with Gasteiger partial charge in [0.2, 0.25) is 5.91 Å². The van der Waals surface area contributed by atoms with E-state index in [9.17, 15) is 4.79 Å². The molecule has 3 rings (SSSR count). The number of rotatable bonds is 4. The van der Waals surface area contributed by atoms with Crippen molar-refractivity contribution >= 4 is 17.5 Å². The molecule has 0 saturated heterocycles. The summed E-state index contributed by atoms with van der Waals surface area (Å²) in [5.74, 6) is 1.01. The average molecular weight is 292 g/mol. The molecule has 108 valence electrons. The summed E-state index contributed by atoms with van der Waals surface area (Å²) in [7, 11) is 0. The fourth-order valence-corrected chi connectivity index (χ4v) is 3.93. The first kappa shape index (κ1) is 13.9. The Kier molecular flexibility index (Phi) is 4.30. The molecule has 2 aliphatic rings. The van der Waals surface area contributed by atoms with Crippen molar-refractivity contribution in [3.8, 4) is 0 Å². The molecule has 1 aromatic rings. The van der Waals surface area contributed by atoms with Crippen molar-refractivity contribution in [2.24, 2.45) is 5.92 Å². The molecule has 2 aliphatic carbocycles. The van der Waals surface area contributed by atoms with Crippen LogP contribution in [0, 0.1) is 5.92 Å². The number of nitrogens with zero attached hydrogens (tertiary/aromatic N) is 1. The van der Waals surface area contributed by atoms with Crippen molar-refractivity contribution in [2.45, 2.75) is 44.6 Å². The first-order valence-electron chi connectivity index (χ1n) is 7.73. The zero-order valence-electron chi connectivity index (χ0n) is 11.9. The van der Waals surface area contributed by atoms with Crippen molar-refractivity contribution in [3.63, 3.8) is 0 Å². The molecule has 1 amide bonds. The van der Waals surface area contributed by atoms with E-state index >= 15 is 0 Å². The van der Waals surface area contributed by atoms with Gasteiger partial charge in [-0.1, -0.05) is 37.1 Å². The highest BCUT2D eigenvalue weighted by atomic mass is 35.5. The Hall–Kier alpha value is -1.02. The molecule has 0 radical (unpaired) electrons. The van der Waals surface area contributed by atoms with Crippen molar-refractivity contribution in [1.29, 1.82) is 0 Å². The molecule has 1 fully saturated rings. The van der Waals surface area contributed by atoms with Crippen LogP contribution in [-0.2, 0) is 17.6 Å². The van der Waals surface area contributed by atoms with Crippen LogP contribution in [0.3, 0.4) is 0 Å². The van der Waals surface area contributed by atoms with Gasteiger partial charge in [0.15, 0.2) is 0 Å². The number of halogens is 1. The molecule has 0 unspecified atom stereocenters. The number of hydrogen-bond acceptors (Lipinski definition) is 1. The quantitative estimate of drug-likeness (QED) is 0.779. The maximum absolute atomic E-state index is 12.9. The van der Waals surface area contributed by atoms with E-state index in [1.165, 1.54) is 24.0 Å². The van der Waals surface area contributed by atoms with E-state index in [0.717, 1.165) is 25.7 Å².